The van der Waals surface area contributed by atoms with Crippen LogP contribution in [0.2, 0.25) is 10.1 Å². The Bertz CT molecular complexity index is 850. The van der Waals surface area contributed by atoms with Crippen LogP contribution in [-0.2, 0) is 18.4 Å². The van der Waals surface area contributed by atoms with Crippen LogP contribution < -0.4 is 0 Å². The molecular formula is C33H60O5Si. The highest BCUT2D eigenvalue weighted by Crippen LogP contribution is 2.55. The molecule has 0 radical (unpaired) electrons. The van der Waals surface area contributed by atoms with Gasteiger partial charge in [-0.25, -0.2) is 0 Å². The number of hydrogen-bond donors (Lipinski definition) is 1. The van der Waals surface area contributed by atoms with E-state index in [1.807, 2.05) is 0 Å². The van der Waals surface area contributed by atoms with E-state index in [1.165, 1.54) is 11.1 Å². The van der Waals surface area contributed by atoms with E-state index in [4.69, 9.17) is 13.6 Å². The zero-order valence-electron chi connectivity index (χ0n) is 27.2. The van der Waals surface area contributed by atoms with Gasteiger partial charge in [-0.15, -0.1) is 0 Å². The Morgan fingerprint density at radius 2 is 1.72 bits per heavy atom. The van der Waals surface area contributed by atoms with Gasteiger partial charge in [-0.1, -0.05) is 85.6 Å². The van der Waals surface area contributed by atoms with Gasteiger partial charge in [0.2, 0.25) is 0 Å². The predicted octanol–water partition coefficient (Wildman–Crippen LogP) is 8.65. The van der Waals surface area contributed by atoms with Gasteiger partial charge in [0, 0.05) is 29.0 Å². The maximum Gasteiger partial charge on any atom is 0.349 e. The molecule has 7 atom stereocenters. The maximum absolute atomic E-state index is 12.6. The Kier molecular flexibility index (Phi) is 12.1. The van der Waals surface area contributed by atoms with E-state index in [-0.39, 0.29) is 58.2 Å². The highest BCUT2D eigenvalue weighted by Gasteiger charge is 2.61. The van der Waals surface area contributed by atoms with Crippen LogP contribution in [0.5, 0.6) is 0 Å². The lowest BCUT2D eigenvalue weighted by Gasteiger charge is -2.55. The van der Waals surface area contributed by atoms with Crippen molar-refractivity contribution in [1.29, 1.82) is 0 Å². The molecule has 0 aromatic heterocycles. The van der Waals surface area contributed by atoms with Gasteiger partial charge in [0.1, 0.15) is 6.10 Å². The number of esters is 1. The van der Waals surface area contributed by atoms with E-state index in [0.29, 0.717) is 19.3 Å². The van der Waals surface area contributed by atoms with Crippen molar-refractivity contribution in [2.24, 2.45) is 17.8 Å². The Balaban J connectivity index is 2.17. The number of cyclic esters (lactones) is 1. The average Bonchev–Trinajstić information content (AvgIpc) is 2.78. The van der Waals surface area contributed by atoms with E-state index in [0.717, 1.165) is 25.7 Å². The Morgan fingerprint density at radius 1 is 1.10 bits per heavy atom. The van der Waals surface area contributed by atoms with Crippen LogP contribution in [0.3, 0.4) is 0 Å². The molecule has 0 saturated carbocycles. The fourth-order valence-corrected chi connectivity index (χ4v) is 11.9. The highest BCUT2D eigenvalue weighted by atomic mass is 28.4. The van der Waals surface area contributed by atoms with Crippen LogP contribution >= 0.6 is 0 Å². The summed E-state index contributed by atoms with van der Waals surface area (Å²) in [5, 5.41) is 10.3. The van der Waals surface area contributed by atoms with Crippen molar-refractivity contribution in [3.8, 4) is 0 Å². The zero-order valence-corrected chi connectivity index (χ0v) is 28.2. The fourth-order valence-electron chi connectivity index (χ4n) is 6.77. The van der Waals surface area contributed by atoms with Crippen LogP contribution in [0.15, 0.2) is 23.3 Å². The molecule has 1 saturated heterocycles. The quantitative estimate of drug-likeness (QED) is 0.206. The second-order valence-electron chi connectivity index (χ2n) is 14.9. The highest BCUT2D eigenvalue weighted by molar-refractivity contribution is 6.73. The van der Waals surface area contributed by atoms with Crippen molar-refractivity contribution in [3.63, 3.8) is 0 Å². The second kappa shape index (κ2) is 13.8. The first-order valence-electron chi connectivity index (χ1n) is 15.4. The summed E-state index contributed by atoms with van der Waals surface area (Å²) in [6.07, 6.45) is 9.45. The summed E-state index contributed by atoms with van der Waals surface area (Å²) in [7, 11) is -2.54. The summed E-state index contributed by atoms with van der Waals surface area (Å²) in [4.78, 5) is 12.6. The van der Waals surface area contributed by atoms with Crippen LogP contribution in [0.4, 0.5) is 0 Å². The Morgan fingerprint density at radius 3 is 2.31 bits per heavy atom. The molecule has 0 unspecified atom stereocenters. The smallest absolute Gasteiger partial charge is 0.349 e. The monoisotopic (exact) mass is 564 g/mol. The molecule has 5 nitrogen and oxygen atoms in total. The lowest BCUT2D eigenvalue weighted by molar-refractivity contribution is -0.151. The maximum atomic E-state index is 12.6. The van der Waals surface area contributed by atoms with Gasteiger partial charge in [0.25, 0.3) is 0 Å². The van der Waals surface area contributed by atoms with E-state index in [1.54, 1.807) is 0 Å². The van der Waals surface area contributed by atoms with Crippen molar-refractivity contribution in [2.75, 3.05) is 0 Å². The minimum Gasteiger partial charge on any atom is -0.462 e. The number of allylic oxidation sites excluding steroid dienone is 2. The minimum absolute atomic E-state index is 0.0374. The first-order chi connectivity index (χ1) is 17.9. The summed E-state index contributed by atoms with van der Waals surface area (Å²) in [5.41, 5.74) is 2.57. The average molecular weight is 565 g/mol. The molecule has 0 aromatic carbocycles. The van der Waals surface area contributed by atoms with Gasteiger partial charge in [-0.2, -0.15) is 0 Å². The van der Waals surface area contributed by atoms with Crippen LogP contribution in [0, 0.1) is 17.8 Å². The third-order valence-corrected chi connectivity index (χ3v) is 14.1. The third-order valence-electron chi connectivity index (χ3n) is 8.80. The predicted molar refractivity (Wildman–Crippen MR) is 164 cm³/mol. The molecule has 0 aromatic rings. The van der Waals surface area contributed by atoms with Gasteiger partial charge < -0.3 is 18.7 Å². The van der Waals surface area contributed by atoms with E-state index >= 15 is 0 Å². The normalized spacial score (nSPS) is 33.2. The van der Waals surface area contributed by atoms with Gasteiger partial charge in [0.05, 0.1) is 12.2 Å². The van der Waals surface area contributed by atoms with Crippen LogP contribution in [0.25, 0.3) is 0 Å². The first kappa shape index (κ1) is 34.2. The van der Waals surface area contributed by atoms with Crippen molar-refractivity contribution in [2.45, 2.75) is 163 Å². The van der Waals surface area contributed by atoms with Gasteiger partial charge in [0.15, 0.2) is 0 Å². The molecule has 226 valence electrons. The summed E-state index contributed by atoms with van der Waals surface area (Å²) >= 11 is 0. The van der Waals surface area contributed by atoms with Crippen molar-refractivity contribution >= 4 is 14.5 Å². The number of carbonyl (C=O) groups excluding carboxylic acids is 1. The summed E-state index contributed by atoms with van der Waals surface area (Å²) in [6, 6.07) is 0. The molecule has 0 amide bonds. The molecule has 2 aliphatic heterocycles. The Hall–Kier alpha value is -0.953. The van der Waals surface area contributed by atoms with Crippen LogP contribution in [-0.4, -0.2) is 44.1 Å². The topological polar surface area (TPSA) is 65.0 Å². The summed E-state index contributed by atoms with van der Waals surface area (Å²) < 4.78 is 19.8. The molecule has 2 aliphatic rings. The number of hydrogen-bond acceptors (Lipinski definition) is 5. The van der Waals surface area contributed by atoms with Crippen molar-refractivity contribution in [3.05, 3.63) is 23.3 Å². The minimum atomic E-state index is -2.54. The molecule has 0 bridgehead atoms. The molecule has 1 N–H and O–H groups in total. The van der Waals surface area contributed by atoms with Gasteiger partial charge in [-0.05, 0) is 70.6 Å². The molecule has 1 fully saturated rings. The van der Waals surface area contributed by atoms with Crippen molar-refractivity contribution in [1.82, 2.24) is 0 Å². The number of aliphatic hydroxyl groups is 1. The lowest BCUT2D eigenvalue weighted by atomic mass is 9.89. The lowest BCUT2D eigenvalue weighted by Crippen LogP contribution is -2.63. The van der Waals surface area contributed by atoms with Gasteiger partial charge in [-0.3, -0.25) is 4.79 Å². The molecule has 0 spiro atoms. The number of aliphatic hydroxyl groups excluding tert-OH is 1. The summed E-state index contributed by atoms with van der Waals surface area (Å²) in [6.45, 7) is 26.7. The standard InChI is InChI=1S/C33H60O5Si/c1-22-16-17-29(36-31(35)15-13-14-28(34)24(3)18-22)25(4)19-23(2)20-26(5)30-21-27(6)37-39(38-30,32(7,8)9)33(10,11)12/h16,20,24-30,34H,13-15,17-19,21H2,1-12H3/b22-16+,23-20+/t24-,25-,26+,27+,28-,29+,30+/m0/s1. The van der Waals surface area contributed by atoms with Crippen molar-refractivity contribution < 1.29 is 23.5 Å². The SMILES string of the molecule is C/C1=C\C[C@H]([C@@H](C)C/C(C)=C/[C@@H](C)[C@H]2C[C@@H](C)O[Si](C(C)(C)C)(C(C)(C)C)O2)OC(=O)CCC[C@H](O)[C@@H](C)C1. The number of carbonyl (C=O) groups is 1. The van der Waals surface area contributed by atoms with E-state index < -0.39 is 8.56 Å². The van der Waals surface area contributed by atoms with E-state index in [2.05, 4.69) is 95.2 Å². The molecule has 39 heavy (non-hydrogen) atoms. The molecular weight excluding hydrogens is 504 g/mol. The first-order valence-corrected chi connectivity index (χ1v) is 17.2. The summed E-state index contributed by atoms with van der Waals surface area (Å²) in [5.74, 6) is 0.532. The largest absolute Gasteiger partial charge is 0.462 e. The van der Waals surface area contributed by atoms with Gasteiger partial charge >= 0.3 is 14.5 Å². The zero-order chi connectivity index (χ0) is 29.8. The molecule has 0 aliphatic carbocycles. The third kappa shape index (κ3) is 9.27. The Labute approximate surface area is 241 Å². The molecule has 6 heteroatoms. The second-order valence-corrected chi connectivity index (χ2v) is 19.7. The molecule has 2 heterocycles. The number of rotatable bonds is 5. The van der Waals surface area contributed by atoms with Crippen LogP contribution in [0.1, 0.15) is 128 Å². The fraction of sp³-hybridized carbons (Fsp3) is 0.848. The molecule has 2 rings (SSSR count). The number of ether oxygens (including phenoxy) is 1. The van der Waals surface area contributed by atoms with E-state index in [9.17, 15) is 9.90 Å².